The molecule has 0 bridgehead atoms. The van der Waals surface area contributed by atoms with E-state index in [9.17, 15) is 4.79 Å². The van der Waals surface area contributed by atoms with Gasteiger partial charge in [0.2, 0.25) is 0 Å². The molecule has 0 radical (unpaired) electrons. The molecule has 2 rings (SSSR count). The molecular weight excluding hydrogens is 320 g/mol. The third-order valence-electron chi connectivity index (χ3n) is 3.56. The van der Waals surface area contributed by atoms with Gasteiger partial charge in [0.15, 0.2) is 0 Å². The zero-order valence-corrected chi connectivity index (χ0v) is 13.8. The van der Waals surface area contributed by atoms with Crippen LogP contribution in [0.1, 0.15) is 41.3 Å². The summed E-state index contributed by atoms with van der Waals surface area (Å²) in [7, 11) is 1.64. The van der Waals surface area contributed by atoms with E-state index in [1.807, 2.05) is 13.8 Å². The third kappa shape index (κ3) is 3.54. The van der Waals surface area contributed by atoms with Crippen LogP contribution in [-0.2, 0) is 16.0 Å². The van der Waals surface area contributed by atoms with Gasteiger partial charge in [-0.2, -0.15) is 0 Å². The number of esters is 1. The lowest BCUT2D eigenvalue weighted by molar-refractivity contribution is -0.142. The van der Waals surface area contributed by atoms with Crippen LogP contribution in [0.3, 0.4) is 0 Å². The molecule has 1 aromatic rings. The molecule has 1 aromatic carbocycles. The van der Waals surface area contributed by atoms with E-state index in [1.165, 1.54) is 18.4 Å². The van der Waals surface area contributed by atoms with Gasteiger partial charge in [-0.15, -0.1) is 0 Å². The maximum absolute atomic E-state index is 11.9. The van der Waals surface area contributed by atoms with Crippen LogP contribution in [-0.4, -0.2) is 19.7 Å². The third-order valence-corrected chi connectivity index (χ3v) is 4.42. The lowest BCUT2D eigenvalue weighted by atomic mass is 9.99. The second-order valence-corrected chi connectivity index (χ2v) is 6.21. The summed E-state index contributed by atoms with van der Waals surface area (Å²) in [5, 5.41) is 0. The number of rotatable bonds is 6. The standard InChI is InChI=1S/C16H21BrO3/c1-4-20-16(18)14(17)13-9-12(8-11-5-6-11)7-10(2)15(13)19-3/h7,9,11,14H,4-6,8H2,1-3H3. The molecule has 0 spiro atoms. The summed E-state index contributed by atoms with van der Waals surface area (Å²) in [5.74, 6) is 1.31. The molecule has 0 heterocycles. The smallest absolute Gasteiger partial charge is 0.324 e. The molecule has 1 aliphatic rings. The molecule has 1 atom stereocenters. The Morgan fingerprint density at radius 1 is 1.45 bits per heavy atom. The van der Waals surface area contributed by atoms with Crippen molar-refractivity contribution in [2.45, 2.75) is 37.9 Å². The van der Waals surface area contributed by atoms with Gasteiger partial charge in [-0.3, -0.25) is 4.79 Å². The number of aryl methyl sites for hydroxylation is 1. The van der Waals surface area contributed by atoms with Crippen LogP contribution >= 0.6 is 15.9 Å². The zero-order valence-electron chi connectivity index (χ0n) is 12.2. The molecule has 4 heteroatoms. The molecule has 1 saturated carbocycles. The maximum atomic E-state index is 11.9. The summed E-state index contributed by atoms with van der Waals surface area (Å²) in [6.45, 7) is 4.21. The van der Waals surface area contributed by atoms with Crippen LogP contribution in [0.15, 0.2) is 12.1 Å². The quantitative estimate of drug-likeness (QED) is 0.580. The fraction of sp³-hybridized carbons (Fsp3) is 0.562. The number of carbonyl (C=O) groups is 1. The van der Waals surface area contributed by atoms with Crippen LogP contribution in [0, 0.1) is 12.8 Å². The summed E-state index contributed by atoms with van der Waals surface area (Å²) < 4.78 is 10.6. The Bertz CT molecular complexity index is 495. The second kappa shape index (κ2) is 6.61. The summed E-state index contributed by atoms with van der Waals surface area (Å²) >= 11 is 3.44. The fourth-order valence-corrected chi connectivity index (χ4v) is 2.93. The van der Waals surface area contributed by atoms with Crippen molar-refractivity contribution in [2.24, 2.45) is 5.92 Å². The lowest BCUT2D eigenvalue weighted by Gasteiger charge is -2.17. The van der Waals surface area contributed by atoms with Gasteiger partial charge in [-0.25, -0.2) is 0 Å². The predicted octanol–water partition coefficient (Wildman–Crippen LogP) is 3.96. The first-order valence-corrected chi connectivity index (χ1v) is 7.96. The highest BCUT2D eigenvalue weighted by molar-refractivity contribution is 9.09. The van der Waals surface area contributed by atoms with Crippen molar-refractivity contribution in [2.75, 3.05) is 13.7 Å². The van der Waals surface area contributed by atoms with Crippen molar-refractivity contribution in [3.63, 3.8) is 0 Å². The average molecular weight is 341 g/mol. The molecule has 0 N–H and O–H groups in total. The van der Waals surface area contributed by atoms with Crippen molar-refractivity contribution in [3.05, 3.63) is 28.8 Å². The van der Waals surface area contributed by atoms with E-state index >= 15 is 0 Å². The van der Waals surface area contributed by atoms with Gasteiger partial charge in [0, 0.05) is 5.56 Å². The molecule has 1 unspecified atom stereocenters. The van der Waals surface area contributed by atoms with Crippen LogP contribution in [0.4, 0.5) is 0 Å². The summed E-state index contributed by atoms with van der Waals surface area (Å²) in [5.41, 5.74) is 3.20. The van der Waals surface area contributed by atoms with E-state index in [0.717, 1.165) is 29.2 Å². The largest absolute Gasteiger partial charge is 0.496 e. The van der Waals surface area contributed by atoms with Crippen LogP contribution in [0.25, 0.3) is 0 Å². The first-order chi connectivity index (χ1) is 9.56. The van der Waals surface area contributed by atoms with Gasteiger partial charge in [-0.05, 0) is 50.2 Å². The molecule has 0 amide bonds. The number of halogens is 1. The normalized spacial score (nSPS) is 15.8. The Hall–Kier alpha value is -1.03. The van der Waals surface area contributed by atoms with Crippen molar-refractivity contribution in [1.29, 1.82) is 0 Å². The molecule has 0 aliphatic heterocycles. The Kier molecular flexibility index (Phi) is 5.08. The highest BCUT2D eigenvalue weighted by atomic mass is 79.9. The molecule has 0 saturated heterocycles. The SMILES string of the molecule is CCOC(=O)C(Br)c1cc(CC2CC2)cc(C)c1OC. The van der Waals surface area contributed by atoms with Gasteiger partial charge in [0.1, 0.15) is 10.6 Å². The Labute approximate surface area is 128 Å². The number of hydrogen-bond acceptors (Lipinski definition) is 3. The van der Waals surface area contributed by atoms with Crippen LogP contribution < -0.4 is 4.74 Å². The number of ether oxygens (including phenoxy) is 2. The maximum Gasteiger partial charge on any atom is 0.324 e. The van der Waals surface area contributed by atoms with Crippen molar-refractivity contribution < 1.29 is 14.3 Å². The average Bonchev–Trinajstić information content (AvgIpc) is 3.21. The minimum Gasteiger partial charge on any atom is -0.496 e. The first-order valence-electron chi connectivity index (χ1n) is 7.04. The van der Waals surface area contributed by atoms with Crippen molar-refractivity contribution in [1.82, 2.24) is 0 Å². The Morgan fingerprint density at radius 3 is 2.70 bits per heavy atom. The van der Waals surface area contributed by atoms with E-state index in [2.05, 4.69) is 28.1 Å². The molecular formula is C16H21BrO3. The molecule has 110 valence electrons. The summed E-state index contributed by atoms with van der Waals surface area (Å²) in [6.07, 6.45) is 3.71. The van der Waals surface area contributed by atoms with Gasteiger partial charge in [0.05, 0.1) is 13.7 Å². The Balaban J connectivity index is 2.31. The molecule has 3 nitrogen and oxygen atoms in total. The van der Waals surface area contributed by atoms with E-state index in [0.29, 0.717) is 6.61 Å². The number of methoxy groups -OCH3 is 1. The van der Waals surface area contributed by atoms with Crippen LogP contribution in [0.2, 0.25) is 0 Å². The summed E-state index contributed by atoms with van der Waals surface area (Å²) in [4.78, 5) is 11.5. The molecule has 1 fully saturated rings. The topological polar surface area (TPSA) is 35.5 Å². The van der Waals surface area contributed by atoms with E-state index < -0.39 is 4.83 Å². The molecule has 0 aromatic heterocycles. The highest BCUT2D eigenvalue weighted by Gasteiger charge is 2.26. The summed E-state index contributed by atoms with van der Waals surface area (Å²) in [6, 6.07) is 4.23. The number of benzene rings is 1. The van der Waals surface area contributed by atoms with E-state index in [1.54, 1.807) is 7.11 Å². The molecule has 1 aliphatic carbocycles. The fourth-order valence-electron chi connectivity index (χ4n) is 2.46. The number of carbonyl (C=O) groups excluding carboxylic acids is 1. The van der Waals surface area contributed by atoms with Gasteiger partial charge in [0.25, 0.3) is 0 Å². The van der Waals surface area contributed by atoms with E-state index in [-0.39, 0.29) is 5.97 Å². The van der Waals surface area contributed by atoms with Crippen molar-refractivity contribution in [3.8, 4) is 5.75 Å². The number of alkyl halides is 1. The zero-order chi connectivity index (χ0) is 14.7. The lowest BCUT2D eigenvalue weighted by Crippen LogP contribution is -2.12. The monoisotopic (exact) mass is 340 g/mol. The second-order valence-electron chi connectivity index (χ2n) is 5.30. The first kappa shape index (κ1) is 15.4. The van der Waals surface area contributed by atoms with E-state index in [4.69, 9.17) is 9.47 Å². The predicted molar refractivity (Wildman–Crippen MR) is 82.5 cm³/mol. The minimum atomic E-state index is -0.477. The van der Waals surface area contributed by atoms with Gasteiger partial charge >= 0.3 is 5.97 Å². The highest BCUT2D eigenvalue weighted by Crippen LogP contribution is 2.38. The van der Waals surface area contributed by atoms with Crippen molar-refractivity contribution >= 4 is 21.9 Å². The van der Waals surface area contributed by atoms with Gasteiger partial charge in [-0.1, -0.05) is 28.1 Å². The Morgan fingerprint density at radius 2 is 2.15 bits per heavy atom. The number of hydrogen-bond donors (Lipinski definition) is 0. The molecule has 20 heavy (non-hydrogen) atoms. The van der Waals surface area contributed by atoms with Crippen LogP contribution in [0.5, 0.6) is 5.75 Å². The minimum absolute atomic E-state index is 0.270. The van der Waals surface area contributed by atoms with Gasteiger partial charge < -0.3 is 9.47 Å².